The summed E-state index contributed by atoms with van der Waals surface area (Å²) >= 11 is 0. The number of fused-ring (bicyclic) bond motifs is 6. The van der Waals surface area contributed by atoms with Gasteiger partial charge in [-0.25, -0.2) is 4.79 Å². The van der Waals surface area contributed by atoms with Crippen LogP contribution in [0.5, 0.6) is 23.0 Å². The van der Waals surface area contributed by atoms with Crippen LogP contribution in [0.3, 0.4) is 0 Å². The van der Waals surface area contributed by atoms with Crippen LogP contribution in [0, 0.1) is 17.8 Å². The molecule has 11 heteroatoms. The maximum atomic E-state index is 13.5. The molecule has 0 spiro atoms. The zero-order valence-corrected chi connectivity index (χ0v) is 26.0. The van der Waals surface area contributed by atoms with E-state index in [0.717, 1.165) is 37.2 Å². The standard InChI is InChI=1S/C33H40N2O9.2H2/c1-38-19-7-8-20-21-9-10-35-16-18-13-27(44-32(36)17-11-25(39-2)30(41-4)26(12-17)40-3)31(42-5)28(33(37)43-6)22(18)15-24(35)29(21)34-23(20)14-19;;/h7-8,11-12,14,18,22,24,27-28,31,34H,9-10,13,15-16H2,1-6H3;2*1H/t18?,22-,24-,27+,28-,31-;;/m0../s1. The first kappa shape index (κ1) is 30.1. The largest absolute Gasteiger partial charge is 0.497 e. The molecule has 6 atom stereocenters. The second-order valence-electron chi connectivity index (χ2n) is 11.7. The van der Waals surface area contributed by atoms with Crippen LogP contribution < -0.4 is 18.9 Å². The summed E-state index contributed by atoms with van der Waals surface area (Å²) in [6.45, 7) is 1.68. The maximum absolute atomic E-state index is 13.5. The number of methoxy groups -OCH3 is 6. The van der Waals surface area contributed by atoms with Gasteiger partial charge in [-0.1, -0.05) is 0 Å². The number of aromatic amines is 1. The highest BCUT2D eigenvalue weighted by Crippen LogP contribution is 2.51. The van der Waals surface area contributed by atoms with Crippen LogP contribution in [-0.2, 0) is 25.4 Å². The number of esters is 2. The Bertz CT molecular complexity index is 1540. The van der Waals surface area contributed by atoms with Gasteiger partial charge in [0.1, 0.15) is 18.0 Å². The fourth-order valence-corrected chi connectivity index (χ4v) is 7.76. The number of nitrogens with zero attached hydrogens (tertiary/aromatic N) is 1. The highest BCUT2D eigenvalue weighted by Gasteiger charge is 2.54. The van der Waals surface area contributed by atoms with Crippen LogP contribution in [-0.4, -0.2) is 89.8 Å². The van der Waals surface area contributed by atoms with E-state index in [-0.39, 0.29) is 32.3 Å². The Morgan fingerprint density at radius 3 is 2.32 bits per heavy atom. The molecule has 2 aliphatic heterocycles. The molecule has 1 N–H and O–H groups in total. The fourth-order valence-electron chi connectivity index (χ4n) is 7.76. The smallest absolute Gasteiger partial charge is 0.338 e. The molecule has 2 fully saturated rings. The predicted molar refractivity (Wildman–Crippen MR) is 165 cm³/mol. The van der Waals surface area contributed by atoms with Crippen molar-refractivity contribution >= 4 is 22.8 Å². The molecule has 240 valence electrons. The first-order chi connectivity index (χ1) is 21.3. The monoisotopic (exact) mass is 612 g/mol. The Morgan fingerprint density at radius 2 is 1.68 bits per heavy atom. The number of piperidine rings is 1. The van der Waals surface area contributed by atoms with Gasteiger partial charge in [0.2, 0.25) is 5.75 Å². The first-order valence-corrected chi connectivity index (χ1v) is 14.9. The van der Waals surface area contributed by atoms with E-state index in [4.69, 9.17) is 33.2 Å². The minimum atomic E-state index is -0.670. The third-order valence-electron chi connectivity index (χ3n) is 9.76. The number of carbonyl (C=O) groups excluding carboxylic acids is 2. The molecule has 0 radical (unpaired) electrons. The minimum absolute atomic E-state index is 0. The number of carbonyl (C=O) groups is 2. The number of benzene rings is 2. The second-order valence-corrected chi connectivity index (χ2v) is 11.7. The topological polar surface area (TPSA) is 118 Å². The highest BCUT2D eigenvalue weighted by atomic mass is 16.6. The molecule has 0 amide bonds. The Balaban J connectivity index is 0.00000240. The van der Waals surface area contributed by atoms with Crippen molar-refractivity contribution in [1.29, 1.82) is 0 Å². The molecule has 1 aliphatic carbocycles. The summed E-state index contributed by atoms with van der Waals surface area (Å²) in [5.74, 6) is 0.441. The average molecular weight is 613 g/mol. The molecule has 1 saturated heterocycles. The maximum Gasteiger partial charge on any atom is 0.338 e. The molecule has 1 saturated carbocycles. The summed E-state index contributed by atoms with van der Waals surface area (Å²) in [6.07, 6.45) is 0.920. The third-order valence-corrected chi connectivity index (χ3v) is 9.76. The van der Waals surface area contributed by atoms with E-state index < -0.39 is 24.1 Å². The lowest BCUT2D eigenvalue weighted by Gasteiger charge is -2.52. The number of hydrogen-bond acceptors (Lipinski definition) is 10. The summed E-state index contributed by atoms with van der Waals surface area (Å²) < 4.78 is 39.1. The van der Waals surface area contributed by atoms with Crippen molar-refractivity contribution in [2.45, 2.75) is 37.5 Å². The van der Waals surface area contributed by atoms with Crippen LogP contribution in [0.2, 0.25) is 0 Å². The molecule has 3 aromatic rings. The van der Waals surface area contributed by atoms with Crippen LogP contribution in [0.1, 0.15) is 43.4 Å². The van der Waals surface area contributed by atoms with Gasteiger partial charge in [0, 0.05) is 45.7 Å². The Kier molecular flexibility index (Phi) is 8.34. The van der Waals surface area contributed by atoms with Gasteiger partial charge in [-0.2, -0.15) is 0 Å². The number of ether oxygens (including phenoxy) is 7. The van der Waals surface area contributed by atoms with Crippen molar-refractivity contribution < 1.29 is 45.6 Å². The van der Waals surface area contributed by atoms with Gasteiger partial charge in [0.15, 0.2) is 11.5 Å². The zero-order chi connectivity index (χ0) is 31.1. The van der Waals surface area contributed by atoms with Crippen LogP contribution >= 0.6 is 0 Å². The molecular weight excluding hydrogens is 568 g/mol. The second kappa shape index (κ2) is 12.2. The number of H-pyrrole nitrogens is 1. The van der Waals surface area contributed by atoms with Crippen molar-refractivity contribution in [2.24, 2.45) is 17.8 Å². The van der Waals surface area contributed by atoms with E-state index in [1.54, 1.807) is 26.4 Å². The van der Waals surface area contributed by atoms with Gasteiger partial charge in [0.25, 0.3) is 0 Å². The molecule has 3 heterocycles. The minimum Gasteiger partial charge on any atom is -0.497 e. The van der Waals surface area contributed by atoms with Gasteiger partial charge < -0.3 is 38.1 Å². The molecule has 11 nitrogen and oxygen atoms in total. The lowest BCUT2D eigenvalue weighted by atomic mass is 9.63. The third kappa shape index (κ3) is 5.01. The Labute approximate surface area is 259 Å². The summed E-state index contributed by atoms with van der Waals surface area (Å²) in [4.78, 5) is 33.1. The van der Waals surface area contributed by atoms with Gasteiger partial charge in [-0.15, -0.1) is 0 Å². The van der Waals surface area contributed by atoms with Crippen molar-refractivity contribution in [3.05, 3.63) is 47.2 Å². The van der Waals surface area contributed by atoms with Crippen molar-refractivity contribution in [2.75, 3.05) is 55.7 Å². The molecule has 44 heavy (non-hydrogen) atoms. The Hall–Kier alpha value is -3.96. The van der Waals surface area contributed by atoms with E-state index in [9.17, 15) is 9.59 Å². The zero-order valence-electron chi connectivity index (χ0n) is 26.0. The molecule has 1 aromatic heterocycles. The molecule has 0 bridgehead atoms. The molecular formula is C33H44N2O9. The molecule has 6 rings (SSSR count). The number of hydrogen-bond donors (Lipinski definition) is 1. The summed E-state index contributed by atoms with van der Waals surface area (Å²) in [6, 6.07) is 9.40. The fraction of sp³-hybridized carbons (Fsp3) is 0.515. The van der Waals surface area contributed by atoms with Crippen molar-refractivity contribution in [1.82, 2.24) is 9.88 Å². The van der Waals surface area contributed by atoms with E-state index in [0.29, 0.717) is 23.7 Å². The number of nitrogens with one attached hydrogen (secondary N) is 1. The van der Waals surface area contributed by atoms with Gasteiger partial charge in [0.05, 0.1) is 53.1 Å². The summed E-state index contributed by atoms with van der Waals surface area (Å²) in [5, 5.41) is 1.21. The van der Waals surface area contributed by atoms with E-state index in [1.165, 1.54) is 45.1 Å². The number of rotatable bonds is 8. The first-order valence-electron chi connectivity index (χ1n) is 14.9. The van der Waals surface area contributed by atoms with E-state index in [2.05, 4.69) is 16.0 Å². The SMILES string of the molecule is COC(=O)[C@@H]1[C@@H](OC)[C@H](OC(=O)c2cc(OC)c(OC)c(OC)c2)CC2CN3CCc4c([nH]c5cc(OC)ccc45)[C@@H]3C[C@@H]21.[HH].[HH]. The Morgan fingerprint density at radius 1 is 0.932 bits per heavy atom. The quantitative estimate of drug-likeness (QED) is 0.360. The molecule has 3 aliphatic rings. The van der Waals surface area contributed by atoms with Gasteiger partial charge >= 0.3 is 11.9 Å². The lowest BCUT2D eigenvalue weighted by Crippen LogP contribution is -2.58. The molecule has 1 unspecified atom stereocenters. The van der Waals surface area contributed by atoms with Crippen LogP contribution in [0.15, 0.2) is 30.3 Å². The van der Waals surface area contributed by atoms with Crippen LogP contribution in [0.25, 0.3) is 10.9 Å². The van der Waals surface area contributed by atoms with Crippen molar-refractivity contribution in [3.63, 3.8) is 0 Å². The van der Waals surface area contributed by atoms with Gasteiger partial charge in [-0.3, -0.25) is 9.69 Å². The highest BCUT2D eigenvalue weighted by molar-refractivity contribution is 5.91. The number of aromatic nitrogens is 1. The summed E-state index contributed by atoms with van der Waals surface area (Å²) in [5.41, 5.74) is 3.83. The predicted octanol–water partition coefficient (Wildman–Crippen LogP) is 4.66. The van der Waals surface area contributed by atoms with Crippen LogP contribution in [0.4, 0.5) is 0 Å². The van der Waals surface area contributed by atoms with Gasteiger partial charge in [-0.05, 0) is 60.9 Å². The normalized spacial score (nSPS) is 26.1. The summed E-state index contributed by atoms with van der Waals surface area (Å²) in [7, 11) is 9.10. The lowest BCUT2D eigenvalue weighted by molar-refractivity contribution is -0.176. The van der Waals surface area contributed by atoms with E-state index >= 15 is 0 Å². The van der Waals surface area contributed by atoms with E-state index in [1.807, 2.05) is 12.1 Å². The average Bonchev–Trinajstić information content (AvgIpc) is 3.43. The van der Waals surface area contributed by atoms with Crippen molar-refractivity contribution in [3.8, 4) is 23.0 Å². The molecule has 2 aromatic carbocycles.